The molecule has 0 radical (unpaired) electrons. The summed E-state index contributed by atoms with van der Waals surface area (Å²) in [7, 11) is -4.63. The first-order valence-electron chi connectivity index (χ1n) is 11.5. The van der Waals surface area contributed by atoms with Gasteiger partial charge in [0, 0.05) is 18.7 Å². The Balaban J connectivity index is 1.78. The van der Waals surface area contributed by atoms with E-state index >= 15 is 0 Å². The van der Waals surface area contributed by atoms with Gasteiger partial charge < -0.3 is 0 Å². The summed E-state index contributed by atoms with van der Waals surface area (Å²) in [6.07, 6.45) is -8.94. The monoisotopic (exact) mass is 540 g/mol. The molecule has 1 N–H and O–H groups in total. The Kier molecular flexibility index (Phi) is 8.16. The summed E-state index contributed by atoms with van der Waals surface area (Å²) >= 11 is 0. The zero-order valence-corrected chi connectivity index (χ0v) is 21.1. The lowest BCUT2D eigenvalue weighted by Gasteiger charge is -2.32. The van der Waals surface area contributed by atoms with Crippen LogP contribution in [0.3, 0.4) is 0 Å². The van der Waals surface area contributed by atoms with E-state index in [1.54, 1.807) is 28.9 Å². The molecule has 0 unspecified atom stereocenters. The van der Waals surface area contributed by atoms with Crippen LogP contribution >= 0.6 is 0 Å². The summed E-state index contributed by atoms with van der Waals surface area (Å²) < 4.78 is 105. The van der Waals surface area contributed by atoms with E-state index in [0.717, 1.165) is 5.69 Å². The first-order chi connectivity index (χ1) is 16.5. The van der Waals surface area contributed by atoms with Gasteiger partial charge in [0.25, 0.3) is 0 Å². The first-order valence-corrected chi connectivity index (χ1v) is 13.2. The number of aryl methyl sites for hydroxylation is 1. The SMILES string of the molecule is CCn1nc(-c2cccc(C(C)(C)NS(=O)(=O)CC(F)(F)F)c2)cc1CN1CCC(C(F)(F)F)CC1. The summed E-state index contributed by atoms with van der Waals surface area (Å²) in [6, 6.07) is 8.53. The van der Waals surface area contributed by atoms with Gasteiger partial charge in [0.1, 0.15) is 0 Å². The minimum atomic E-state index is -4.87. The van der Waals surface area contributed by atoms with Crippen molar-refractivity contribution in [3.05, 3.63) is 41.6 Å². The zero-order valence-electron chi connectivity index (χ0n) is 20.2. The predicted molar refractivity (Wildman–Crippen MR) is 123 cm³/mol. The number of nitrogens with zero attached hydrogens (tertiary/aromatic N) is 3. The van der Waals surface area contributed by atoms with E-state index in [0.29, 0.717) is 43.0 Å². The van der Waals surface area contributed by atoms with Crippen molar-refractivity contribution in [2.45, 2.75) is 64.6 Å². The molecule has 1 aliphatic heterocycles. The molecular formula is C23H30F6N4O2S. The highest BCUT2D eigenvalue weighted by Gasteiger charge is 2.41. The molecule has 0 aliphatic carbocycles. The van der Waals surface area contributed by atoms with Crippen LogP contribution in [0, 0.1) is 5.92 Å². The van der Waals surface area contributed by atoms with Gasteiger partial charge in [-0.3, -0.25) is 9.58 Å². The van der Waals surface area contributed by atoms with Crippen molar-refractivity contribution in [1.82, 2.24) is 19.4 Å². The molecule has 0 amide bonds. The molecule has 0 spiro atoms. The number of sulfonamides is 1. The standard InChI is InChI=1S/C23H30F6N4O2S/c1-4-33-19(14-32-10-8-17(9-11-32)23(27,28)29)13-20(30-33)16-6-5-7-18(12-16)21(2,3)31-36(34,35)15-22(24,25)26/h5-7,12-13,17,31H,4,8-11,14-15H2,1-3H3. The number of likely N-dealkylation sites (tertiary alicyclic amines) is 1. The molecule has 1 aliphatic rings. The van der Waals surface area contributed by atoms with Crippen LogP contribution in [0.25, 0.3) is 11.3 Å². The van der Waals surface area contributed by atoms with E-state index in [1.165, 1.54) is 13.8 Å². The number of halogens is 6. The highest BCUT2D eigenvalue weighted by atomic mass is 32.2. The number of hydrogen-bond acceptors (Lipinski definition) is 4. The molecule has 0 atom stereocenters. The maximum atomic E-state index is 13.0. The summed E-state index contributed by atoms with van der Waals surface area (Å²) in [5.74, 6) is -3.26. The zero-order chi connectivity index (χ0) is 26.9. The van der Waals surface area contributed by atoms with Gasteiger partial charge in [-0.05, 0) is 64.4 Å². The fraction of sp³-hybridized carbons (Fsp3) is 0.609. The lowest BCUT2D eigenvalue weighted by atomic mass is 9.93. The summed E-state index contributed by atoms with van der Waals surface area (Å²) in [4.78, 5) is 1.96. The van der Waals surface area contributed by atoms with Crippen molar-refractivity contribution >= 4 is 10.0 Å². The van der Waals surface area contributed by atoms with Gasteiger partial charge in [0.05, 0.1) is 22.8 Å². The quantitative estimate of drug-likeness (QED) is 0.476. The number of alkyl halides is 6. The Morgan fingerprint density at radius 2 is 1.69 bits per heavy atom. The molecule has 3 rings (SSSR count). The van der Waals surface area contributed by atoms with Crippen LogP contribution < -0.4 is 4.72 Å². The average molecular weight is 541 g/mol. The molecule has 36 heavy (non-hydrogen) atoms. The summed E-state index contributed by atoms with van der Waals surface area (Å²) in [5, 5.41) is 4.59. The number of nitrogens with one attached hydrogen (secondary N) is 1. The van der Waals surface area contributed by atoms with Gasteiger partial charge in [-0.25, -0.2) is 13.1 Å². The van der Waals surface area contributed by atoms with Crippen LogP contribution in [-0.4, -0.2) is 54.3 Å². The van der Waals surface area contributed by atoms with E-state index in [-0.39, 0.29) is 12.8 Å². The third-order valence-electron chi connectivity index (χ3n) is 6.24. The van der Waals surface area contributed by atoms with Crippen LogP contribution in [0.4, 0.5) is 26.3 Å². The van der Waals surface area contributed by atoms with E-state index in [9.17, 15) is 34.8 Å². The van der Waals surface area contributed by atoms with Crippen LogP contribution in [0.15, 0.2) is 30.3 Å². The second kappa shape index (κ2) is 10.3. The fourth-order valence-electron chi connectivity index (χ4n) is 4.41. The minimum Gasteiger partial charge on any atom is -0.297 e. The molecular weight excluding hydrogens is 510 g/mol. The van der Waals surface area contributed by atoms with E-state index in [2.05, 4.69) is 9.82 Å². The lowest BCUT2D eigenvalue weighted by molar-refractivity contribution is -0.185. The predicted octanol–water partition coefficient (Wildman–Crippen LogP) is 5.06. The Hall–Kier alpha value is -2.12. The number of benzene rings is 1. The van der Waals surface area contributed by atoms with Gasteiger partial charge in [-0.1, -0.05) is 18.2 Å². The topological polar surface area (TPSA) is 67.2 Å². The molecule has 0 saturated carbocycles. The van der Waals surface area contributed by atoms with Crippen molar-refractivity contribution in [2.75, 3.05) is 18.8 Å². The van der Waals surface area contributed by atoms with Crippen LogP contribution in [0.5, 0.6) is 0 Å². The smallest absolute Gasteiger partial charge is 0.297 e. The van der Waals surface area contributed by atoms with Gasteiger partial charge >= 0.3 is 12.4 Å². The Morgan fingerprint density at radius 1 is 1.06 bits per heavy atom. The van der Waals surface area contributed by atoms with Crippen molar-refractivity contribution in [2.24, 2.45) is 5.92 Å². The Labute approximate surface area is 206 Å². The number of piperidine rings is 1. The molecule has 1 aromatic heterocycles. The highest BCUT2D eigenvalue weighted by molar-refractivity contribution is 7.89. The average Bonchev–Trinajstić information content (AvgIpc) is 3.14. The second-order valence-electron chi connectivity index (χ2n) is 9.61. The third-order valence-corrected chi connectivity index (χ3v) is 7.77. The van der Waals surface area contributed by atoms with Crippen LogP contribution in [-0.2, 0) is 28.7 Å². The largest absolute Gasteiger partial charge is 0.404 e. The fourth-order valence-corrected chi connectivity index (χ4v) is 5.81. The van der Waals surface area contributed by atoms with E-state index < -0.39 is 39.6 Å². The molecule has 2 heterocycles. The van der Waals surface area contributed by atoms with Gasteiger partial charge in [0.2, 0.25) is 10.0 Å². The molecule has 1 fully saturated rings. The van der Waals surface area contributed by atoms with Crippen LogP contribution in [0.1, 0.15) is 44.9 Å². The highest BCUT2D eigenvalue weighted by Crippen LogP contribution is 2.35. The van der Waals surface area contributed by atoms with E-state index in [4.69, 9.17) is 0 Å². The molecule has 2 aromatic rings. The minimum absolute atomic E-state index is 0.0536. The molecule has 1 aromatic carbocycles. The lowest BCUT2D eigenvalue weighted by Crippen LogP contribution is -2.44. The van der Waals surface area contributed by atoms with Crippen molar-refractivity contribution in [1.29, 1.82) is 0 Å². The molecule has 202 valence electrons. The second-order valence-corrected chi connectivity index (χ2v) is 11.3. The van der Waals surface area contributed by atoms with E-state index in [1.807, 2.05) is 17.9 Å². The number of aromatic nitrogens is 2. The van der Waals surface area contributed by atoms with Crippen molar-refractivity contribution in [3.63, 3.8) is 0 Å². The van der Waals surface area contributed by atoms with Crippen LogP contribution in [0.2, 0.25) is 0 Å². The molecule has 6 nitrogen and oxygen atoms in total. The van der Waals surface area contributed by atoms with Gasteiger partial charge in [-0.15, -0.1) is 0 Å². The maximum Gasteiger partial charge on any atom is 0.404 e. The first kappa shape index (κ1) is 28.5. The van der Waals surface area contributed by atoms with Gasteiger partial charge in [-0.2, -0.15) is 31.4 Å². The molecule has 1 saturated heterocycles. The Bertz CT molecular complexity index is 1150. The van der Waals surface area contributed by atoms with Crippen molar-refractivity contribution in [3.8, 4) is 11.3 Å². The van der Waals surface area contributed by atoms with Crippen molar-refractivity contribution < 1.29 is 34.8 Å². The Morgan fingerprint density at radius 3 is 2.25 bits per heavy atom. The normalized spacial score (nSPS) is 17.0. The summed E-state index contributed by atoms with van der Waals surface area (Å²) in [5.41, 5.74) is 1.17. The molecule has 0 bridgehead atoms. The number of rotatable bonds is 8. The summed E-state index contributed by atoms with van der Waals surface area (Å²) in [6.45, 7) is 6.48. The maximum absolute atomic E-state index is 13.0. The third kappa shape index (κ3) is 7.45. The van der Waals surface area contributed by atoms with Gasteiger partial charge in [0.15, 0.2) is 5.75 Å². The molecule has 13 heteroatoms. The number of hydrogen-bond donors (Lipinski definition) is 1.